The lowest BCUT2D eigenvalue weighted by Crippen LogP contribution is -2.34. The molecule has 0 radical (unpaired) electrons. The van der Waals surface area contributed by atoms with Crippen molar-refractivity contribution in [2.24, 2.45) is 0 Å². The first kappa shape index (κ1) is 18.8. The van der Waals surface area contributed by atoms with Gasteiger partial charge in [0.15, 0.2) is 17.4 Å². The van der Waals surface area contributed by atoms with Crippen molar-refractivity contribution in [2.45, 2.75) is 44.9 Å². The fraction of sp³-hybridized carbons (Fsp3) is 0.538. The Morgan fingerprint density at radius 1 is 1.15 bits per heavy atom. The summed E-state index contributed by atoms with van der Waals surface area (Å²) in [7, 11) is -2.92. The standard InChI is InChI=1S/C13H24O5Si2/c1-7-11(14)16-13(17-12(15)8-2)9-10-19(3)18-20(4,5)6/h7-8,13,19H,1-2,9-10H2,3-6H3. The molecule has 7 heteroatoms. The maximum absolute atomic E-state index is 11.2. The van der Waals surface area contributed by atoms with Gasteiger partial charge in [-0.05, 0) is 32.2 Å². The van der Waals surface area contributed by atoms with Crippen LogP contribution in [0, 0.1) is 0 Å². The van der Waals surface area contributed by atoms with Crippen molar-refractivity contribution in [3.05, 3.63) is 25.3 Å². The highest BCUT2D eigenvalue weighted by Gasteiger charge is 2.22. The molecule has 5 nitrogen and oxygen atoms in total. The number of ether oxygens (including phenoxy) is 2. The molecule has 0 saturated heterocycles. The molecule has 0 rings (SSSR count). The monoisotopic (exact) mass is 316 g/mol. The average molecular weight is 317 g/mol. The molecule has 0 amide bonds. The first-order chi connectivity index (χ1) is 9.17. The molecule has 0 aromatic heterocycles. The molecule has 0 aliphatic rings. The van der Waals surface area contributed by atoms with Crippen LogP contribution in [0.5, 0.6) is 0 Å². The molecule has 0 aromatic carbocycles. The van der Waals surface area contributed by atoms with Gasteiger partial charge in [0.25, 0.3) is 0 Å². The first-order valence-electron chi connectivity index (χ1n) is 6.52. The predicted octanol–water partition coefficient (Wildman–Crippen LogP) is 2.37. The Hall–Kier alpha value is -1.19. The SMILES string of the molecule is C=CC(=O)OC(CC[SiH](C)O[Si](C)(C)C)OC(=O)C=C. The largest absolute Gasteiger partial charge is 0.458 e. The van der Waals surface area contributed by atoms with E-state index in [1.165, 1.54) is 0 Å². The topological polar surface area (TPSA) is 61.8 Å². The Bertz CT molecular complexity index is 340. The van der Waals surface area contributed by atoms with E-state index >= 15 is 0 Å². The van der Waals surface area contributed by atoms with Gasteiger partial charge >= 0.3 is 11.9 Å². The maximum atomic E-state index is 11.2. The smallest absolute Gasteiger partial charge is 0.333 e. The molecule has 114 valence electrons. The molecule has 0 fully saturated rings. The van der Waals surface area contributed by atoms with E-state index in [0.717, 1.165) is 18.2 Å². The summed E-state index contributed by atoms with van der Waals surface area (Å²) in [5, 5.41) is 0. The summed E-state index contributed by atoms with van der Waals surface area (Å²) in [5.74, 6) is -1.24. The molecule has 0 N–H and O–H groups in total. The van der Waals surface area contributed by atoms with Crippen LogP contribution in [0.15, 0.2) is 25.3 Å². The molecule has 0 spiro atoms. The Labute approximate surface area is 123 Å². The maximum Gasteiger partial charge on any atom is 0.333 e. The Balaban J connectivity index is 4.41. The summed E-state index contributed by atoms with van der Waals surface area (Å²) in [6.45, 7) is 15.1. The minimum atomic E-state index is -1.56. The van der Waals surface area contributed by atoms with E-state index < -0.39 is 35.6 Å². The van der Waals surface area contributed by atoms with Crippen molar-refractivity contribution in [2.75, 3.05) is 0 Å². The Kier molecular flexibility index (Phi) is 8.35. The van der Waals surface area contributed by atoms with Crippen LogP contribution in [0.4, 0.5) is 0 Å². The van der Waals surface area contributed by atoms with Crippen LogP contribution < -0.4 is 0 Å². The molecule has 1 unspecified atom stereocenters. The first-order valence-corrected chi connectivity index (χ1v) is 12.4. The molecule has 0 saturated carbocycles. The van der Waals surface area contributed by atoms with Crippen LogP contribution in [0.1, 0.15) is 6.42 Å². The zero-order valence-corrected chi connectivity index (χ0v) is 14.8. The molecular formula is C13H24O5Si2. The third kappa shape index (κ3) is 9.71. The second-order valence-corrected chi connectivity index (χ2v) is 12.7. The van der Waals surface area contributed by atoms with Crippen LogP contribution in [0.25, 0.3) is 0 Å². The second kappa shape index (κ2) is 8.88. The summed E-state index contributed by atoms with van der Waals surface area (Å²) in [6.07, 6.45) is 1.59. The zero-order chi connectivity index (χ0) is 15.8. The van der Waals surface area contributed by atoms with Crippen molar-refractivity contribution < 1.29 is 23.2 Å². The van der Waals surface area contributed by atoms with Crippen molar-refractivity contribution in [3.63, 3.8) is 0 Å². The van der Waals surface area contributed by atoms with Gasteiger partial charge in [-0.15, -0.1) is 0 Å². The fourth-order valence-electron chi connectivity index (χ4n) is 1.53. The van der Waals surface area contributed by atoms with Gasteiger partial charge in [-0.1, -0.05) is 13.2 Å². The van der Waals surface area contributed by atoms with Crippen molar-refractivity contribution in [3.8, 4) is 0 Å². The third-order valence-electron chi connectivity index (χ3n) is 2.19. The molecule has 0 aromatic rings. The highest BCUT2D eigenvalue weighted by molar-refractivity contribution is 6.77. The normalized spacial score (nSPS) is 12.7. The van der Waals surface area contributed by atoms with E-state index in [0.29, 0.717) is 6.42 Å². The second-order valence-electron chi connectivity index (χ2n) is 5.33. The summed E-state index contributed by atoms with van der Waals surface area (Å²) in [5.41, 5.74) is 0. The highest BCUT2D eigenvalue weighted by atomic mass is 28.4. The quantitative estimate of drug-likeness (QED) is 0.283. The summed E-state index contributed by atoms with van der Waals surface area (Å²) >= 11 is 0. The van der Waals surface area contributed by atoms with Gasteiger partial charge in [0.05, 0.1) is 0 Å². The van der Waals surface area contributed by atoms with Gasteiger partial charge in [-0.2, -0.15) is 0 Å². The van der Waals surface area contributed by atoms with Crippen molar-refractivity contribution in [1.29, 1.82) is 0 Å². The summed E-state index contributed by atoms with van der Waals surface area (Å²) in [4.78, 5) is 22.4. The minimum Gasteiger partial charge on any atom is -0.458 e. The van der Waals surface area contributed by atoms with Crippen LogP contribution in [0.2, 0.25) is 32.2 Å². The Morgan fingerprint density at radius 3 is 1.95 bits per heavy atom. The number of hydrogen-bond acceptors (Lipinski definition) is 5. The van der Waals surface area contributed by atoms with E-state index in [2.05, 4.69) is 39.3 Å². The summed E-state index contributed by atoms with van der Waals surface area (Å²) in [6, 6.07) is 0.754. The molecule has 0 aliphatic heterocycles. The van der Waals surface area contributed by atoms with Crippen LogP contribution in [-0.2, 0) is 23.2 Å². The number of esters is 2. The molecule has 0 heterocycles. The molecule has 1 atom stereocenters. The lowest BCUT2D eigenvalue weighted by atomic mass is 10.4. The van der Waals surface area contributed by atoms with E-state index in [1.54, 1.807) is 0 Å². The van der Waals surface area contributed by atoms with Crippen LogP contribution in [0.3, 0.4) is 0 Å². The van der Waals surface area contributed by atoms with E-state index in [1.807, 2.05) is 0 Å². The predicted molar refractivity (Wildman–Crippen MR) is 83.2 cm³/mol. The van der Waals surface area contributed by atoms with Gasteiger partial charge in [0.1, 0.15) is 0 Å². The van der Waals surface area contributed by atoms with Gasteiger partial charge in [-0.3, -0.25) is 0 Å². The molecule has 0 bridgehead atoms. The highest BCUT2D eigenvalue weighted by Crippen LogP contribution is 2.13. The van der Waals surface area contributed by atoms with Gasteiger partial charge in [0, 0.05) is 18.6 Å². The van der Waals surface area contributed by atoms with Crippen molar-refractivity contribution >= 4 is 29.3 Å². The lowest BCUT2D eigenvalue weighted by Gasteiger charge is -2.24. The van der Waals surface area contributed by atoms with Crippen molar-refractivity contribution in [1.82, 2.24) is 0 Å². The van der Waals surface area contributed by atoms with E-state index in [4.69, 9.17) is 13.6 Å². The average Bonchev–Trinajstić information content (AvgIpc) is 2.33. The minimum absolute atomic E-state index is 0.428. The summed E-state index contributed by atoms with van der Waals surface area (Å²) < 4.78 is 16.0. The van der Waals surface area contributed by atoms with Crippen LogP contribution >= 0.6 is 0 Å². The molecule has 20 heavy (non-hydrogen) atoms. The van der Waals surface area contributed by atoms with E-state index in [-0.39, 0.29) is 0 Å². The van der Waals surface area contributed by atoms with Gasteiger partial charge in [-0.25, -0.2) is 9.59 Å². The molecular weight excluding hydrogens is 292 g/mol. The number of hydrogen-bond donors (Lipinski definition) is 0. The lowest BCUT2D eigenvalue weighted by molar-refractivity contribution is -0.181. The third-order valence-corrected chi connectivity index (χ3v) is 7.78. The van der Waals surface area contributed by atoms with Crippen LogP contribution in [-0.4, -0.2) is 35.6 Å². The van der Waals surface area contributed by atoms with E-state index in [9.17, 15) is 9.59 Å². The number of rotatable bonds is 9. The number of carbonyl (C=O) groups is 2. The number of carbonyl (C=O) groups excluding carboxylic acids is 2. The Morgan fingerprint density at radius 2 is 1.60 bits per heavy atom. The fourth-order valence-corrected chi connectivity index (χ4v) is 7.57. The van der Waals surface area contributed by atoms with Gasteiger partial charge in [0.2, 0.25) is 6.29 Å². The molecule has 0 aliphatic carbocycles. The van der Waals surface area contributed by atoms with Gasteiger partial charge < -0.3 is 13.6 Å². The zero-order valence-electron chi connectivity index (χ0n) is 12.7.